The van der Waals surface area contributed by atoms with Crippen LogP contribution in [0.1, 0.15) is 39.5 Å². The first-order valence-corrected chi connectivity index (χ1v) is 11.4. The lowest BCUT2D eigenvalue weighted by Crippen LogP contribution is -2.24. The predicted octanol–water partition coefficient (Wildman–Crippen LogP) is 5.12. The van der Waals surface area contributed by atoms with E-state index in [0.29, 0.717) is 5.41 Å². The Bertz CT molecular complexity index is 248. The van der Waals surface area contributed by atoms with Crippen molar-refractivity contribution in [1.82, 2.24) is 0 Å². The van der Waals surface area contributed by atoms with Gasteiger partial charge in [-0.3, -0.25) is 0 Å². The highest BCUT2D eigenvalue weighted by Crippen LogP contribution is 2.34. The zero-order valence-electron chi connectivity index (χ0n) is 11.7. The van der Waals surface area contributed by atoms with Crippen LogP contribution in [0.25, 0.3) is 0 Å². The minimum Gasteiger partial charge on any atom is -0.165 e. The van der Waals surface area contributed by atoms with Gasteiger partial charge in [-0.05, 0) is 42.2 Å². The molecule has 2 heteroatoms. The highest BCUT2D eigenvalue weighted by molar-refractivity contribution is 8.00. The molecule has 0 fully saturated rings. The fourth-order valence-electron chi connectivity index (χ4n) is 2.25. The topological polar surface area (TPSA) is 0 Å². The van der Waals surface area contributed by atoms with Gasteiger partial charge >= 0.3 is 0 Å². The van der Waals surface area contributed by atoms with E-state index in [1.165, 1.54) is 36.8 Å². The van der Waals surface area contributed by atoms with Gasteiger partial charge in [0.05, 0.1) is 8.07 Å². The summed E-state index contributed by atoms with van der Waals surface area (Å²) in [6.07, 6.45) is 8.01. The van der Waals surface area contributed by atoms with Gasteiger partial charge in [0.2, 0.25) is 0 Å². The first kappa shape index (κ1) is 14.4. The van der Waals surface area contributed by atoms with E-state index >= 15 is 0 Å². The van der Waals surface area contributed by atoms with Gasteiger partial charge in [0.15, 0.2) is 0 Å². The Hall–Kier alpha value is 0.307. The summed E-state index contributed by atoms with van der Waals surface area (Å²) < 4.78 is 0. The fraction of sp³-hybridized carbons (Fsp3) is 0.857. The van der Waals surface area contributed by atoms with E-state index in [1.54, 1.807) is 5.57 Å². The molecule has 0 aromatic rings. The summed E-state index contributed by atoms with van der Waals surface area (Å²) in [5.74, 6) is 1.34. The molecule has 0 amide bonds. The molecule has 94 valence electrons. The quantitative estimate of drug-likeness (QED) is 0.373. The van der Waals surface area contributed by atoms with Crippen LogP contribution in [0, 0.1) is 5.41 Å². The predicted molar refractivity (Wildman–Crippen MR) is 81.0 cm³/mol. The van der Waals surface area contributed by atoms with Gasteiger partial charge in [0, 0.05) is 0 Å². The summed E-state index contributed by atoms with van der Waals surface area (Å²) in [4.78, 5) is 0. The van der Waals surface area contributed by atoms with Crippen molar-refractivity contribution in [3.8, 4) is 0 Å². The van der Waals surface area contributed by atoms with Crippen LogP contribution in [-0.2, 0) is 0 Å². The van der Waals surface area contributed by atoms with Crippen LogP contribution in [-0.4, -0.2) is 19.2 Å². The molecule has 16 heavy (non-hydrogen) atoms. The number of allylic oxidation sites excluding steroid dienone is 2. The van der Waals surface area contributed by atoms with Crippen LogP contribution in [0.4, 0.5) is 0 Å². The van der Waals surface area contributed by atoms with Gasteiger partial charge in [-0.25, -0.2) is 0 Å². The molecule has 0 aromatic carbocycles. The molecule has 0 bridgehead atoms. The van der Waals surface area contributed by atoms with E-state index in [4.69, 9.17) is 0 Å². The Morgan fingerprint density at radius 1 is 1.31 bits per heavy atom. The molecule has 1 rings (SSSR count). The Labute approximate surface area is 107 Å². The molecule has 0 atom stereocenters. The molecule has 0 unspecified atom stereocenters. The maximum Gasteiger partial charge on any atom is 0.0548 e. The summed E-state index contributed by atoms with van der Waals surface area (Å²) >= 11 is 2.17. The second-order valence-corrected chi connectivity index (χ2v) is 14.1. The average molecular weight is 257 g/mol. The van der Waals surface area contributed by atoms with Gasteiger partial charge in [-0.15, -0.1) is 0 Å². The second kappa shape index (κ2) is 5.77. The van der Waals surface area contributed by atoms with Gasteiger partial charge in [0.1, 0.15) is 0 Å². The highest BCUT2D eigenvalue weighted by atomic mass is 32.2. The Balaban J connectivity index is 2.25. The van der Waals surface area contributed by atoms with Crippen molar-refractivity contribution < 1.29 is 0 Å². The summed E-state index contributed by atoms with van der Waals surface area (Å²) in [5, 5.41) is 1.42. The van der Waals surface area contributed by atoms with Crippen molar-refractivity contribution in [3.63, 3.8) is 0 Å². The van der Waals surface area contributed by atoms with E-state index in [-0.39, 0.29) is 0 Å². The molecular weight excluding hydrogens is 228 g/mol. The molecule has 0 heterocycles. The van der Waals surface area contributed by atoms with Gasteiger partial charge in [-0.2, -0.15) is 11.8 Å². The number of thioether (sulfide) groups is 1. The summed E-state index contributed by atoms with van der Waals surface area (Å²) in [6, 6.07) is 0. The van der Waals surface area contributed by atoms with Crippen LogP contribution in [0.15, 0.2) is 11.6 Å². The van der Waals surface area contributed by atoms with Crippen LogP contribution >= 0.6 is 11.8 Å². The minimum absolute atomic E-state index is 0.469. The molecule has 0 aromatic heterocycles. The second-order valence-electron chi connectivity index (χ2n) is 7.01. The van der Waals surface area contributed by atoms with Crippen LogP contribution in [0.3, 0.4) is 0 Å². The SMILES string of the molecule is CC1(C)C=C(CCSC[Si](C)(C)C)CCC1. The number of hydrogen-bond acceptors (Lipinski definition) is 1. The number of rotatable bonds is 5. The summed E-state index contributed by atoms with van der Waals surface area (Å²) in [5.41, 5.74) is 2.19. The molecule has 0 radical (unpaired) electrons. The summed E-state index contributed by atoms with van der Waals surface area (Å²) in [6.45, 7) is 12.1. The normalized spacial score (nSPS) is 20.7. The Morgan fingerprint density at radius 3 is 2.56 bits per heavy atom. The van der Waals surface area contributed by atoms with E-state index in [0.717, 1.165) is 0 Å². The molecular formula is C14H28SSi. The molecule has 0 aliphatic heterocycles. The molecule has 0 nitrogen and oxygen atoms in total. The lowest BCUT2D eigenvalue weighted by molar-refractivity contribution is 0.394. The molecule has 1 aliphatic rings. The minimum atomic E-state index is -0.829. The standard InChI is InChI=1S/C14H28SSi/c1-14(2)9-6-7-13(11-14)8-10-15-12-16(3,4)5/h11H,6-10,12H2,1-5H3. The largest absolute Gasteiger partial charge is 0.165 e. The highest BCUT2D eigenvalue weighted by Gasteiger charge is 2.20. The number of hydrogen-bond donors (Lipinski definition) is 0. The third-order valence-corrected chi connectivity index (χ3v) is 7.79. The van der Waals surface area contributed by atoms with E-state index in [1.807, 2.05) is 0 Å². The Morgan fingerprint density at radius 2 is 2.00 bits per heavy atom. The lowest BCUT2D eigenvalue weighted by atomic mass is 9.79. The monoisotopic (exact) mass is 256 g/mol. The zero-order chi connectivity index (χ0) is 12.2. The molecule has 0 spiro atoms. The van der Waals surface area contributed by atoms with Gasteiger partial charge in [-0.1, -0.05) is 45.1 Å². The average Bonchev–Trinajstić information content (AvgIpc) is 2.09. The lowest BCUT2D eigenvalue weighted by Gasteiger charge is -2.27. The van der Waals surface area contributed by atoms with Gasteiger partial charge in [0.25, 0.3) is 0 Å². The first-order valence-electron chi connectivity index (χ1n) is 6.57. The van der Waals surface area contributed by atoms with Crippen LogP contribution < -0.4 is 0 Å². The maximum atomic E-state index is 2.55. The maximum absolute atomic E-state index is 2.55. The third-order valence-electron chi connectivity index (χ3n) is 3.02. The van der Waals surface area contributed by atoms with Crippen LogP contribution in [0.5, 0.6) is 0 Å². The summed E-state index contributed by atoms with van der Waals surface area (Å²) in [7, 11) is -0.829. The van der Waals surface area contributed by atoms with Crippen molar-refractivity contribution in [2.45, 2.75) is 59.2 Å². The van der Waals surface area contributed by atoms with Crippen LogP contribution in [0.2, 0.25) is 19.6 Å². The van der Waals surface area contributed by atoms with Gasteiger partial charge < -0.3 is 0 Å². The van der Waals surface area contributed by atoms with E-state index in [9.17, 15) is 0 Å². The fourth-order valence-corrected chi connectivity index (χ4v) is 5.68. The van der Waals surface area contributed by atoms with Crippen molar-refractivity contribution in [2.75, 3.05) is 11.1 Å². The van der Waals surface area contributed by atoms with Crippen molar-refractivity contribution in [3.05, 3.63) is 11.6 Å². The third kappa shape index (κ3) is 6.14. The van der Waals surface area contributed by atoms with Crippen molar-refractivity contribution in [1.29, 1.82) is 0 Å². The molecule has 0 N–H and O–H groups in total. The molecule has 1 aliphatic carbocycles. The van der Waals surface area contributed by atoms with E-state index in [2.05, 4.69) is 51.3 Å². The van der Waals surface area contributed by atoms with E-state index < -0.39 is 8.07 Å². The zero-order valence-corrected chi connectivity index (χ0v) is 13.5. The molecule has 0 saturated heterocycles. The van der Waals surface area contributed by atoms with Crippen molar-refractivity contribution in [2.24, 2.45) is 5.41 Å². The van der Waals surface area contributed by atoms with Crippen molar-refractivity contribution >= 4 is 19.8 Å². The first-order chi connectivity index (χ1) is 7.29. The molecule has 0 saturated carbocycles. The smallest absolute Gasteiger partial charge is 0.0548 e. The Kier molecular flexibility index (Phi) is 5.18.